The number of rotatable bonds is 7. The van der Waals surface area contributed by atoms with Crippen LogP contribution < -0.4 is 10.1 Å². The van der Waals surface area contributed by atoms with Crippen LogP contribution in [0.2, 0.25) is 5.02 Å². The molecule has 0 aliphatic rings. The highest BCUT2D eigenvalue weighted by atomic mass is 35.5. The van der Waals surface area contributed by atoms with Gasteiger partial charge in [-0.3, -0.25) is 4.79 Å². The number of hydrogen-bond donors (Lipinski definition) is 1. The number of ether oxygens (including phenoxy) is 2. The highest BCUT2D eigenvalue weighted by Crippen LogP contribution is 2.19. The molecule has 18 heavy (non-hydrogen) atoms. The van der Waals surface area contributed by atoms with Crippen LogP contribution in [-0.2, 0) is 9.53 Å². The van der Waals surface area contributed by atoms with E-state index in [2.05, 4.69) is 5.32 Å². The molecule has 0 aliphatic heterocycles. The third-order valence-electron chi connectivity index (χ3n) is 2.34. The van der Waals surface area contributed by atoms with Gasteiger partial charge in [-0.1, -0.05) is 24.6 Å². The van der Waals surface area contributed by atoms with E-state index in [4.69, 9.17) is 21.1 Å². The van der Waals surface area contributed by atoms with Gasteiger partial charge in [-0.15, -0.1) is 0 Å². The van der Waals surface area contributed by atoms with Crippen molar-refractivity contribution in [3.63, 3.8) is 0 Å². The smallest absolute Gasteiger partial charge is 0.261 e. The van der Waals surface area contributed by atoms with Gasteiger partial charge in [0.1, 0.15) is 5.75 Å². The van der Waals surface area contributed by atoms with E-state index in [9.17, 15) is 4.79 Å². The average Bonchev–Trinajstić information content (AvgIpc) is 2.36. The molecule has 5 heteroatoms. The molecule has 1 aromatic carbocycles. The van der Waals surface area contributed by atoms with Crippen molar-refractivity contribution < 1.29 is 14.3 Å². The molecule has 0 bridgehead atoms. The van der Waals surface area contributed by atoms with Gasteiger partial charge in [-0.2, -0.15) is 0 Å². The SMILES string of the molecule is CCC(Oc1cccc(Cl)c1)C(=O)NCCOC. The summed E-state index contributed by atoms with van der Waals surface area (Å²) >= 11 is 5.86. The minimum atomic E-state index is -0.514. The minimum Gasteiger partial charge on any atom is -0.481 e. The molecule has 0 heterocycles. The lowest BCUT2D eigenvalue weighted by atomic mass is 10.2. The van der Waals surface area contributed by atoms with Gasteiger partial charge >= 0.3 is 0 Å². The Morgan fingerprint density at radius 2 is 2.28 bits per heavy atom. The Morgan fingerprint density at radius 3 is 2.89 bits per heavy atom. The number of nitrogens with one attached hydrogen (secondary N) is 1. The summed E-state index contributed by atoms with van der Waals surface area (Å²) < 4.78 is 10.5. The molecule has 0 fully saturated rings. The fourth-order valence-electron chi connectivity index (χ4n) is 1.42. The maximum absolute atomic E-state index is 11.8. The second kappa shape index (κ2) is 7.95. The number of methoxy groups -OCH3 is 1. The molecule has 1 N–H and O–H groups in total. The molecule has 0 radical (unpaired) electrons. The summed E-state index contributed by atoms with van der Waals surface area (Å²) in [5.41, 5.74) is 0. The summed E-state index contributed by atoms with van der Waals surface area (Å²) in [5.74, 6) is 0.450. The lowest BCUT2D eigenvalue weighted by molar-refractivity contribution is -0.128. The van der Waals surface area contributed by atoms with Crippen LogP contribution in [0, 0.1) is 0 Å². The van der Waals surface area contributed by atoms with Crippen LogP contribution in [0.5, 0.6) is 5.75 Å². The quantitative estimate of drug-likeness (QED) is 0.774. The van der Waals surface area contributed by atoms with Gasteiger partial charge in [0.15, 0.2) is 6.10 Å². The molecule has 4 nitrogen and oxygen atoms in total. The van der Waals surface area contributed by atoms with Gasteiger partial charge in [0, 0.05) is 18.7 Å². The lowest BCUT2D eigenvalue weighted by Gasteiger charge is -2.17. The first-order valence-corrected chi connectivity index (χ1v) is 6.24. The fraction of sp³-hybridized carbons (Fsp3) is 0.462. The van der Waals surface area contributed by atoms with Gasteiger partial charge in [-0.05, 0) is 24.6 Å². The summed E-state index contributed by atoms with van der Waals surface area (Å²) in [6.45, 7) is 2.86. The number of benzene rings is 1. The van der Waals surface area contributed by atoms with Crippen LogP contribution in [0.3, 0.4) is 0 Å². The van der Waals surface area contributed by atoms with Crippen molar-refractivity contribution in [1.29, 1.82) is 0 Å². The number of halogens is 1. The summed E-state index contributed by atoms with van der Waals surface area (Å²) in [7, 11) is 1.59. The zero-order valence-corrected chi connectivity index (χ0v) is 11.4. The van der Waals surface area contributed by atoms with Crippen LogP contribution in [0.25, 0.3) is 0 Å². The van der Waals surface area contributed by atoms with E-state index in [1.54, 1.807) is 31.4 Å². The number of carbonyl (C=O) groups excluding carboxylic acids is 1. The topological polar surface area (TPSA) is 47.6 Å². The van der Waals surface area contributed by atoms with E-state index < -0.39 is 6.10 Å². The molecule has 100 valence electrons. The maximum atomic E-state index is 11.8. The first-order chi connectivity index (χ1) is 8.67. The predicted octanol–water partition coefficient (Wildman–Crippen LogP) is 2.26. The van der Waals surface area contributed by atoms with Crippen molar-refractivity contribution in [2.24, 2.45) is 0 Å². The zero-order valence-electron chi connectivity index (χ0n) is 10.6. The molecule has 0 saturated heterocycles. The zero-order chi connectivity index (χ0) is 13.4. The van der Waals surface area contributed by atoms with Gasteiger partial charge in [0.25, 0.3) is 5.91 Å². The first-order valence-electron chi connectivity index (χ1n) is 5.86. The maximum Gasteiger partial charge on any atom is 0.261 e. The van der Waals surface area contributed by atoms with Gasteiger partial charge < -0.3 is 14.8 Å². The van der Waals surface area contributed by atoms with E-state index in [1.807, 2.05) is 6.92 Å². The number of hydrogen-bond acceptors (Lipinski definition) is 3. The van der Waals surface area contributed by atoms with Crippen molar-refractivity contribution >= 4 is 17.5 Å². The molecular weight excluding hydrogens is 254 g/mol. The largest absolute Gasteiger partial charge is 0.481 e. The molecule has 1 amide bonds. The molecule has 1 aromatic rings. The third-order valence-corrected chi connectivity index (χ3v) is 2.58. The van der Waals surface area contributed by atoms with E-state index in [-0.39, 0.29) is 5.91 Å². The molecule has 0 aromatic heterocycles. The van der Waals surface area contributed by atoms with Crippen molar-refractivity contribution in [1.82, 2.24) is 5.32 Å². The molecule has 0 saturated carbocycles. The van der Waals surface area contributed by atoms with Crippen LogP contribution >= 0.6 is 11.6 Å². The molecular formula is C13H18ClNO3. The van der Waals surface area contributed by atoms with Crippen LogP contribution in [0.1, 0.15) is 13.3 Å². The normalized spacial score (nSPS) is 11.9. The molecule has 0 spiro atoms. The Kier molecular flexibility index (Phi) is 6.54. The fourth-order valence-corrected chi connectivity index (χ4v) is 1.60. The van der Waals surface area contributed by atoms with Crippen molar-refractivity contribution in [3.05, 3.63) is 29.3 Å². The van der Waals surface area contributed by atoms with E-state index in [1.165, 1.54) is 0 Å². The Bertz CT molecular complexity index is 384. The highest BCUT2D eigenvalue weighted by Gasteiger charge is 2.17. The van der Waals surface area contributed by atoms with E-state index in [0.29, 0.717) is 30.3 Å². The Labute approximate surface area is 112 Å². The monoisotopic (exact) mass is 271 g/mol. The molecule has 1 atom stereocenters. The third kappa shape index (κ3) is 4.94. The number of amides is 1. The van der Waals surface area contributed by atoms with Crippen molar-refractivity contribution in [3.8, 4) is 5.75 Å². The highest BCUT2D eigenvalue weighted by molar-refractivity contribution is 6.30. The summed E-state index contributed by atoms with van der Waals surface area (Å²) in [6.07, 6.45) is 0.0750. The Balaban J connectivity index is 2.53. The second-order valence-corrected chi connectivity index (χ2v) is 4.19. The summed E-state index contributed by atoms with van der Waals surface area (Å²) in [4.78, 5) is 11.8. The van der Waals surface area contributed by atoms with Gasteiger partial charge in [0.05, 0.1) is 6.61 Å². The predicted molar refractivity (Wildman–Crippen MR) is 71.0 cm³/mol. The van der Waals surface area contributed by atoms with Crippen molar-refractivity contribution in [2.75, 3.05) is 20.3 Å². The molecule has 1 rings (SSSR count). The Morgan fingerprint density at radius 1 is 1.50 bits per heavy atom. The van der Waals surface area contributed by atoms with Crippen molar-refractivity contribution in [2.45, 2.75) is 19.4 Å². The first kappa shape index (κ1) is 14.8. The van der Waals surface area contributed by atoms with Crippen LogP contribution in [0.15, 0.2) is 24.3 Å². The van der Waals surface area contributed by atoms with Gasteiger partial charge in [0.2, 0.25) is 0 Å². The van der Waals surface area contributed by atoms with E-state index >= 15 is 0 Å². The second-order valence-electron chi connectivity index (χ2n) is 3.76. The summed E-state index contributed by atoms with van der Waals surface area (Å²) in [5, 5.41) is 3.33. The molecule has 1 unspecified atom stereocenters. The summed E-state index contributed by atoms with van der Waals surface area (Å²) in [6, 6.07) is 7.00. The lowest BCUT2D eigenvalue weighted by Crippen LogP contribution is -2.39. The standard InChI is InChI=1S/C13H18ClNO3/c1-3-12(13(16)15-7-8-17-2)18-11-6-4-5-10(14)9-11/h4-6,9,12H,3,7-8H2,1-2H3,(H,15,16). The Hall–Kier alpha value is -1.26. The van der Waals surface area contributed by atoms with Gasteiger partial charge in [-0.25, -0.2) is 0 Å². The number of carbonyl (C=O) groups is 1. The molecule has 0 aliphatic carbocycles. The average molecular weight is 272 g/mol. The van der Waals surface area contributed by atoms with E-state index in [0.717, 1.165) is 0 Å². The van der Waals surface area contributed by atoms with Crippen LogP contribution in [-0.4, -0.2) is 32.3 Å². The van der Waals surface area contributed by atoms with Crippen LogP contribution in [0.4, 0.5) is 0 Å². The minimum absolute atomic E-state index is 0.144.